The summed E-state index contributed by atoms with van der Waals surface area (Å²) in [6.07, 6.45) is 3.09. The molecule has 0 aliphatic heterocycles. The van der Waals surface area contributed by atoms with Crippen LogP contribution in [0.15, 0.2) is 12.4 Å². The zero-order valence-electron chi connectivity index (χ0n) is 5.15. The molecule has 4 heteroatoms. The van der Waals surface area contributed by atoms with E-state index >= 15 is 0 Å². The van der Waals surface area contributed by atoms with Gasteiger partial charge in [0.2, 0.25) is 0 Å². The summed E-state index contributed by atoms with van der Waals surface area (Å²) < 4.78 is 0. The molecule has 0 bridgehead atoms. The standard InChI is InChI=1S/C5H8N4/c1-4(6)5-7-2-3-8-9-5/h2-4H,6H2,1H3. The van der Waals surface area contributed by atoms with Gasteiger partial charge in [0.15, 0.2) is 5.82 Å². The van der Waals surface area contributed by atoms with Crippen molar-refractivity contribution in [3.63, 3.8) is 0 Å². The second kappa shape index (κ2) is 2.50. The van der Waals surface area contributed by atoms with E-state index in [1.165, 1.54) is 6.20 Å². The van der Waals surface area contributed by atoms with Crippen LogP contribution in [0.3, 0.4) is 0 Å². The third-order valence-electron chi connectivity index (χ3n) is 0.908. The Labute approximate surface area is 53.1 Å². The Morgan fingerprint density at radius 1 is 1.56 bits per heavy atom. The van der Waals surface area contributed by atoms with Gasteiger partial charge in [-0.1, -0.05) is 0 Å². The van der Waals surface area contributed by atoms with Crippen LogP contribution in [0.4, 0.5) is 0 Å². The van der Waals surface area contributed by atoms with Gasteiger partial charge in [0, 0.05) is 6.20 Å². The van der Waals surface area contributed by atoms with Crippen LogP contribution in [0, 0.1) is 0 Å². The molecule has 1 aromatic rings. The molecule has 2 N–H and O–H groups in total. The van der Waals surface area contributed by atoms with E-state index in [1.54, 1.807) is 6.20 Å². The van der Waals surface area contributed by atoms with Crippen molar-refractivity contribution in [2.24, 2.45) is 5.73 Å². The van der Waals surface area contributed by atoms with Gasteiger partial charge in [-0.2, -0.15) is 5.10 Å². The molecule has 1 unspecified atom stereocenters. The summed E-state index contributed by atoms with van der Waals surface area (Å²) in [6.45, 7) is 1.82. The lowest BCUT2D eigenvalue weighted by Crippen LogP contribution is -2.09. The quantitative estimate of drug-likeness (QED) is 0.567. The summed E-state index contributed by atoms with van der Waals surface area (Å²) >= 11 is 0. The van der Waals surface area contributed by atoms with Crippen molar-refractivity contribution < 1.29 is 0 Å². The molecule has 0 spiro atoms. The second-order valence-corrected chi connectivity index (χ2v) is 1.79. The van der Waals surface area contributed by atoms with Crippen LogP contribution in [-0.2, 0) is 0 Å². The Balaban J connectivity index is 2.85. The van der Waals surface area contributed by atoms with E-state index in [0.29, 0.717) is 5.82 Å². The first-order valence-corrected chi connectivity index (χ1v) is 2.70. The highest BCUT2D eigenvalue weighted by Crippen LogP contribution is 1.96. The third kappa shape index (κ3) is 1.43. The van der Waals surface area contributed by atoms with Gasteiger partial charge in [-0.3, -0.25) is 0 Å². The van der Waals surface area contributed by atoms with E-state index in [-0.39, 0.29) is 6.04 Å². The minimum atomic E-state index is -0.126. The van der Waals surface area contributed by atoms with Crippen LogP contribution in [-0.4, -0.2) is 15.2 Å². The van der Waals surface area contributed by atoms with Crippen molar-refractivity contribution in [3.05, 3.63) is 18.2 Å². The Hall–Kier alpha value is -1.03. The minimum absolute atomic E-state index is 0.126. The number of hydrogen-bond acceptors (Lipinski definition) is 4. The maximum atomic E-state index is 5.45. The monoisotopic (exact) mass is 124 g/mol. The zero-order chi connectivity index (χ0) is 6.69. The predicted octanol–water partition coefficient (Wildman–Crippen LogP) is -0.109. The molecule has 0 saturated heterocycles. The fraction of sp³-hybridized carbons (Fsp3) is 0.400. The molecule has 1 atom stereocenters. The maximum Gasteiger partial charge on any atom is 0.167 e. The molecule has 1 heterocycles. The molecule has 0 aliphatic rings. The fourth-order valence-electron chi connectivity index (χ4n) is 0.466. The Kier molecular flexibility index (Phi) is 1.69. The molecule has 48 valence electrons. The summed E-state index contributed by atoms with van der Waals surface area (Å²) in [5, 5.41) is 7.31. The maximum absolute atomic E-state index is 5.45. The minimum Gasteiger partial charge on any atom is -0.321 e. The smallest absolute Gasteiger partial charge is 0.167 e. The van der Waals surface area contributed by atoms with Crippen molar-refractivity contribution in [3.8, 4) is 0 Å². The van der Waals surface area contributed by atoms with Gasteiger partial charge >= 0.3 is 0 Å². The van der Waals surface area contributed by atoms with Crippen molar-refractivity contribution in [2.45, 2.75) is 13.0 Å². The van der Waals surface area contributed by atoms with E-state index in [1.807, 2.05) is 6.92 Å². The first-order chi connectivity index (χ1) is 4.30. The normalized spacial score (nSPS) is 13.1. The van der Waals surface area contributed by atoms with Crippen LogP contribution in [0.2, 0.25) is 0 Å². The summed E-state index contributed by atoms with van der Waals surface area (Å²) in [4.78, 5) is 3.88. The third-order valence-corrected chi connectivity index (χ3v) is 0.908. The predicted molar refractivity (Wildman–Crippen MR) is 32.4 cm³/mol. The molecule has 0 saturated carbocycles. The van der Waals surface area contributed by atoms with Gasteiger partial charge in [0.1, 0.15) is 0 Å². The average molecular weight is 124 g/mol. The first-order valence-electron chi connectivity index (χ1n) is 2.70. The van der Waals surface area contributed by atoms with Crippen molar-refractivity contribution in [2.75, 3.05) is 0 Å². The van der Waals surface area contributed by atoms with E-state index in [2.05, 4.69) is 15.2 Å². The highest BCUT2D eigenvalue weighted by molar-refractivity contribution is 4.86. The van der Waals surface area contributed by atoms with Crippen LogP contribution in [0.25, 0.3) is 0 Å². The van der Waals surface area contributed by atoms with Gasteiger partial charge in [0.05, 0.1) is 12.2 Å². The summed E-state index contributed by atoms with van der Waals surface area (Å²) in [7, 11) is 0. The van der Waals surface area contributed by atoms with Crippen molar-refractivity contribution in [1.29, 1.82) is 0 Å². The molecule has 1 rings (SSSR count). The van der Waals surface area contributed by atoms with Gasteiger partial charge in [-0.25, -0.2) is 4.98 Å². The van der Waals surface area contributed by atoms with Crippen LogP contribution < -0.4 is 5.73 Å². The Morgan fingerprint density at radius 3 is 2.67 bits per heavy atom. The van der Waals surface area contributed by atoms with E-state index < -0.39 is 0 Å². The molecule has 4 nitrogen and oxygen atoms in total. The molecule has 0 radical (unpaired) electrons. The van der Waals surface area contributed by atoms with Gasteiger partial charge < -0.3 is 5.73 Å². The number of nitrogens with zero attached hydrogens (tertiary/aromatic N) is 3. The summed E-state index contributed by atoms with van der Waals surface area (Å²) in [5.74, 6) is 0.581. The first kappa shape index (κ1) is 6.10. The summed E-state index contributed by atoms with van der Waals surface area (Å²) in [6, 6.07) is -0.126. The van der Waals surface area contributed by atoms with Crippen molar-refractivity contribution >= 4 is 0 Å². The van der Waals surface area contributed by atoms with Gasteiger partial charge in [-0.15, -0.1) is 5.10 Å². The number of aromatic nitrogens is 3. The molecular weight excluding hydrogens is 116 g/mol. The van der Waals surface area contributed by atoms with E-state index in [4.69, 9.17) is 5.73 Å². The lowest BCUT2D eigenvalue weighted by Gasteiger charge is -1.98. The largest absolute Gasteiger partial charge is 0.321 e. The highest BCUT2D eigenvalue weighted by Gasteiger charge is 1.98. The van der Waals surface area contributed by atoms with E-state index in [9.17, 15) is 0 Å². The molecule has 0 fully saturated rings. The molecule has 0 aromatic carbocycles. The SMILES string of the molecule is CC(N)c1nccnn1. The van der Waals surface area contributed by atoms with Crippen LogP contribution in [0.5, 0.6) is 0 Å². The fourth-order valence-corrected chi connectivity index (χ4v) is 0.466. The number of rotatable bonds is 1. The van der Waals surface area contributed by atoms with E-state index in [0.717, 1.165) is 0 Å². The Bertz CT molecular complexity index is 172. The molecule has 0 aliphatic carbocycles. The van der Waals surface area contributed by atoms with Gasteiger partial charge in [0.25, 0.3) is 0 Å². The molecule has 0 amide bonds. The highest BCUT2D eigenvalue weighted by atomic mass is 15.1. The lowest BCUT2D eigenvalue weighted by molar-refractivity contribution is 0.707. The lowest BCUT2D eigenvalue weighted by atomic mass is 10.3. The second-order valence-electron chi connectivity index (χ2n) is 1.79. The van der Waals surface area contributed by atoms with Crippen LogP contribution in [0.1, 0.15) is 18.8 Å². The Morgan fingerprint density at radius 2 is 2.33 bits per heavy atom. The molecule has 1 aromatic heterocycles. The van der Waals surface area contributed by atoms with Gasteiger partial charge in [-0.05, 0) is 6.92 Å². The molecule has 9 heavy (non-hydrogen) atoms. The molecular formula is C5H8N4. The number of hydrogen-bond donors (Lipinski definition) is 1. The van der Waals surface area contributed by atoms with Crippen molar-refractivity contribution in [1.82, 2.24) is 15.2 Å². The summed E-state index contributed by atoms with van der Waals surface area (Å²) in [5.41, 5.74) is 5.45. The number of nitrogens with two attached hydrogens (primary N) is 1. The zero-order valence-corrected chi connectivity index (χ0v) is 5.15. The van der Waals surface area contributed by atoms with Crippen LogP contribution >= 0.6 is 0 Å². The topological polar surface area (TPSA) is 64.7 Å². The average Bonchev–Trinajstić information content (AvgIpc) is 1.90.